The van der Waals surface area contributed by atoms with Crippen LogP contribution in [0.4, 0.5) is 0 Å². The van der Waals surface area contributed by atoms with E-state index in [-0.39, 0.29) is 0 Å². The van der Waals surface area contributed by atoms with Gasteiger partial charge in [0, 0.05) is 16.7 Å². The summed E-state index contributed by atoms with van der Waals surface area (Å²) < 4.78 is 1.04. The fourth-order valence-electron chi connectivity index (χ4n) is 2.23. The molecule has 0 radical (unpaired) electrons. The predicted molar refractivity (Wildman–Crippen MR) is 81.7 cm³/mol. The van der Waals surface area contributed by atoms with Crippen molar-refractivity contribution in [1.82, 2.24) is 10.3 Å². The van der Waals surface area contributed by atoms with Crippen LogP contribution in [0.1, 0.15) is 58.2 Å². The fraction of sp³-hybridized carbons (Fsp3) is 0.667. The Morgan fingerprint density at radius 1 is 1.28 bits per heavy atom. The first-order valence-electron chi connectivity index (χ1n) is 7.02. The van der Waals surface area contributed by atoms with E-state index >= 15 is 0 Å². The minimum atomic E-state index is 0.389. The molecule has 0 aromatic carbocycles. The molecule has 1 N–H and O–H groups in total. The fourth-order valence-corrected chi connectivity index (χ4v) is 2.47. The number of pyridine rings is 1. The van der Waals surface area contributed by atoms with Gasteiger partial charge in [-0.3, -0.25) is 4.98 Å². The quantitative estimate of drug-likeness (QED) is 0.752. The molecule has 0 aliphatic rings. The van der Waals surface area contributed by atoms with E-state index < -0.39 is 0 Å². The lowest BCUT2D eigenvalue weighted by Crippen LogP contribution is -2.24. The molecule has 1 aromatic rings. The van der Waals surface area contributed by atoms with Crippen LogP contribution < -0.4 is 5.32 Å². The first-order chi connectivity index (χ1) is 8.67. The maximum absolute atomic E-state index is 4.54. The van der Waals surface area contributed by atoms with E-state index in [9.17, 15) is 0 Å². The molecule has 0 saturated carbocycles. The number of hydrogen-bond donors (Lipinski definition) is 1. The van der Waals surface area contributed by atoms with E-state index in [1.165, 1.54) is 19.3 Å². The van der Waals surface area contributed by atoms with Gasteiger partial charge in [-0.25, -0.2) is 0 Å². The van der Waals surface area contributed by atoms with E-state index in [1.54, 1.807) is 0 Å². The minimum Gasteiger partial charge on any atom is -0.309 e. The largest absolute Gasteiger partial charge is 0.309 e. The molecule has 1 rings (SSSR count). The zero-order chi connectivity index (χ0) is 13.4. The van der Waals surface area contributed by atoms with Gasteiger partial charge in [0.1, 0.15) is 0 Å². The van der Waals surface area contributed by atoms with Gasteiger partial charge in [-0.1, -0.05) is 33.6 Å². The van der Waals surface area contributed by atoms with Crippen molar-refractivity contribution in [1.29, 1.82) is 0 Å². The number of hydrogen-bond acceptors (Lipinski definition) is 2. The van der Waals surface area contributed by atoms with Crippen LogP contribution in [-0.2, 0) is 0 Å². The van der Waals surface area contributed by atoms with E-state index in [1.807, 2.05) is 6.20 Å². The summed E-state index contributed by atoms with van der Waals surface area (Å²) in [6.07, 6.45) is 6.77. The van der Waals surface area contributed by atoms with Crippen LogP contribution in [0.25, 0.3) is 0 Å². The topological polar surface area (TPSA) is 24.9 Å². The summed E-state index contributed by atoms with van der Waals surface area (Å²) in [7, 11) is 0. The second-order valence-corrected chi connectivity index (χ2v) is 5.95. The molecule has 1 aromatic heterocycles. The van der Waals surface area contributed by atoms with Gasteiger partial charge in [-0.15, -0.1) is 0 Å². The Morgan fingerprint density at radius 3 is 2.61 bits per heavy atom. The second-order valence-electron chi connectivity index (χ2n) is 5.04. The monoisotopic (exact) mass is 312 g/mol. The van der Waals surface area contributed by atoms with Crippen LogP contribution in [0.2, 0.25) is 0 Å². The zero-order valence-corrected chi connectivity index (χ0v) is 13.3. The van der Waals surface area contributed by atoms with E-state index in [0.717, 1.165) is 29.1 Å². The molecule has 2 nitrogen and oxygen atoms in total. The molecule has 102 valence electrons. The summed E-state index contributed by atoms with van der Waals surface area (Å²) in [6.45, 7) is 7.85. The molecule has 0 amide bonds. The normalized spacial score (nSPS) is 14.4. The molecule has 1 heterocycles. The van der Waals surface area contributed by atoms with Crippen LogP contribution in [0.3, 0.4) is 0 Å². The number of rotatable bonds is 8. The summed E-state index contributed by atoms with van der Waals surface area (Å²) in [5.74, 6) is 0.745. The maximum atomic E-state index is 4.54. The lowest BCUT2D eigenvalue weighted by Gasteiger charge is -2.21. The predicted octanol–water partition coefficient (Wildman–Crippen LogP) is 4.71. The lowest BCUT2D eigenvalue weighted by atomic mass is 9.95. The third kappa shape index (κ3) is 5.49. The van der Waals surface area contributed by atoms with Crippen molar-refractivity contribution in [3.8, 4) is 0 Å². The third-order valence-corrected chi connectivity index (χ3v) is 3.64. The number of aromatic nitrogens is 1. The Morgan fingerprint density at radius 2 is 2.06 bits per heavy atom. The van der Waals surface area contributed by atoms with Crippen molar-refractivity contribution >= 4 is 15.9 Å². The second kappa shape index (κ2) is 8.65. The van der Waals surface area contributed by atoms with E-state index in [0.29, 0.717) is 6.04 Å². The average Bonchev–Trinajstić information content (AvgIpc) is 2.36. The zero-order valence-electron chi connectivity index (χ0n) is 11.7. The SMILES string of the molecule is CCCNC(CC(C)CCC)c1ccc(Br)cn1. The number of nitrogens with zero attached hydrogens (tertiary/aromatic N) is 1. The van der Waals surface area contributed by atoms with Crippen LogP contribution >= 0.6 is 15.9 Å². The highest BCUT2D eigenvalue weighted by Crippen LogP contribution is 2.23. The molecular formula is C15H25BrN2. The Hall–Kier alpha value is -0.410. The summed E-state index contributed by atoms with van der Waals surface area (Å²) in [6, 6.07) is 4.59. The third-order valence-electron chi connectivity index (χ3n) is 3.17. The van der Waals surface area contributed by atoms with Crippen LogP contribution in [-0.4, -0.2) is 11.5 Å². The molecule has 2 atom stereocenters. The molecule has 0 aliphatic heterocycles. The highest BCUT2D eigenvalue weighted by atomic mass is 79.9. The molecule has 0 bridgehead atoms. The van der Waals surface area contributed by atoms with Crippen molar-refractivity contribution in [3.63, 3.8) is 0 Å². The summed E-state index contributed by atoms with van der Waals surface area (Å²) in [5.41, 5.74) is 1.16. The van der Waals surface area contributed by atoms with Crippen molar-refractivity contribution < 1.29 is 0 Å². The summed E-state index contributed by atoms with van der Waals surface area (Å²) in [5, 5.41) is 3.62. The van der Waals surface area contributed by atoms with Gasteiger partial charge >= 0.3 is 0 Å². The van der Waals surface area contributed by atoms with Gasteiger partial charge in [-0.05, 0) is 53.4 Å². The van der Waals surface area contributed by atoms with Gasteiger partial charge in [0.05, 0.1) is 5.69 Å². The van der Waals surface area contributed by atoms with Gasteiger partial charge < -0.3 is 5.32 Å². The van der Waals surface area contributed by atoms with Crippen molar-refractivity contribution in [3.05, 3.63) is 28.5 Å². The van der Waals surface area contributed by atoms with Crippen LogP contribution in [0.15, 0.2) is 22.8 Å². The van der Waals surface area contributed by atoms with E-state index in [4.69, 9.17) is 0 Å². The first kappa shape index (κ1) is 15.6. The minimum absolute atomic E-state index is 0.389. The molecule has 2 unspecified atom stereocenters. The summed E-state index contributed by atoms with van der Waals surface area (Å²) in [4.78, 5) is 4.54. The Labute approximate surface area is 120 Å². The summed E-state index contributed by atoms with van der Waals surface area (Å²) >= 11 is 3.44. The maximum Gasteiger partial charge on any atom is 0.0574 e. The van der Waals surface area contributed by atoms with Crippen LogP contribution in [0, 0.1) is 5.92 Å². The molecule has 0 aliphatic carbocycles. The lowest BCUT2D eigenvalue weighted by molar-refractivity contribution is 0.385. The van der Waals surface area contributed by atoms with Crippen molar-refractivity contribution in [2.24, 2.45) is 5.92 Å². The van der Waals surface area contributed by atoms with Gasteiger partial charge in [0.25, 0.3) is 0 Å². The Balaban J connectivity index is 2.67. The highest BCUT2D eigenvalue weighted by molar-refractivity contribution is 9.10. The van der Waals surface area contributed by atoms with Gasteiger partial charge in [0.2, 0.25) is 0 Å². The number of nitrogens with one attached hydrogen (secondary N) is 1. The number of halogens is 1. The van der Waals surface area contributed by atoms with E-state index in [2.05, 4.69) is 59.1 Å². The molecule has 0 fully saturated rings. The first-order valence-corrected chi connectivity index (χ1v) is 7.81. The average molecular weight is 313 g/mol. The standard InChI is InChI=1S/C15H25BrN2/c1-4-6-12(3)10-15(17-9-5-2)14-8-7-13(16)11-18-14/h7-8,11-12,15,17H,4-6,9-10H2,1-3H3. The van der Waals surface area contributed by atoms with Gasteiger partial charge in [0.15, 0.2) is 0 Å². The van der Waals surface area contributed by atoms with Crippen molar-refractivity contribution in [2.75, 3.05) is 6.54 Å². The van der Waals surface area contributed by atoms with Crippen molar-refractivity contribution in [2.45, 2.75) is 52.5 Å². The smallest absolute Gasteiger partial charge is 0.0574 e. The molecular weight excluding hydrogens is 288 g/mol. The Kier molecular flexibility index (Phi) is 7.52. The van der Waals surface area contributed by atoms with Crippen LogP contribution in [0.5, 0.6) is 0 Å². The Bertz CT molecular complexity index is 324. The molecule has 3 heteroatoms. The molecule has 0 spiro atoms. The highest BCUT2D eigenvalue weighted by Gasteiger charge is 2.15. The van der Waals surface area contributed by atoms with Gasteiger partial charge in [-0.2, -0.15) is 0 Å². The molecule has 18 heavy (non-hydrogen) atoms. The molecule has 0 saturated heterocycles.